The first-order valence-corrected chi connectivity index (χ1v) is 11.9. The summed E-state index contributed by atoms with van der Waals surface area (Å²) < 4.78 is 0. The third-order valence-corrected chi connectivity index (χ3v) is 7.31. The van der Waals surface area contributed by atoms with E-state index in [9.17, 15) is 4.79 Å². The minimum absolute atomic E-state index is 0.228. The number of rotatable bonds is 4. The van der Waals surface area contributed by atoms with Gasteiger partial charge in [0.25, 0.3) is 5.91 Å². The van der Waals surface area contributed by atoms with Crippen LogP contribution in [0.1, 0.15) is 9.67 Å². The Morgan fingerprint density at radius 1 is 1.00 bits per heavy atom. The summed E-state index contributed by atoms with van der Waals surface area (Å²) in [7, 11) is 2.63. The Morgan fingerprint density at radius 2 is 1.77 bits per heavy atom. The zero-order valence-electron chi connectivity index (χ0n) is 16.3. The molecule has 0 aliphatic heterocycles. The SMILES string of the molecule is Nc1c(C(=O)Nc2ccc(P)cc2)sc2nc(-c3cccs3)cc(-c3ccccc3)c12. The van der Waals surface area contributed by atoms with Crippen LogP contribution in [0.2, 0.25) is 0 Å². The fourth-order valence-corrected chi connectivity index (χ4v) is 5.33. The number of amides is 1. The van der Waals surface area contributed by atoms with E-state index in [0.29, 0.717) is 10.6 Å². The molecule has 4 nitrogen and oxygen atoms in total. The minimum Gasteiger partial charge on any atom is -0.397 e. The normalized spacial score (nSPS) is 11.0. The van der Waals surface area contributed by atoms with Crippen molar-refractivity contribution in [1.29, 1.82) is 0 Å². The molecule has 0 aliphatic rings. The lowest BCUT2D eigenvalue weighted by atomic mass is 10.0. The van der Waals surface area contributed by atoms with Crippen molar-refractivity contribution in [3.63, 3.8) is 0 Å². The number of carbonyl (C=O) groups is 1. The molecule has 0 aliphatic carbocycles. The third-order valence-electron chi connectivity index (χ3n) is 4.93. The Kier molecular flexibility index (Phi) is 5.28. The summed E-state index contributed by atoms with van der Waals surface area (Å²) >= 11 is 2.97. The van der Waals surface area contributed by atoms with Crippen molar-refractivity contribution in [2.45, 2.75) is 0 Å². The van der Waals surface area contributed by atoms with E-state index in [0.717, 1.165) is 42.9 Å². The number of fused-ring (bicyclic) bond motifs is 1. The maximum atomic E-state index is 13.0. The summed E-state index contributed by atoms with van der Waals surface area (Å²) in [5.74, 6) is -0.228. The largest absolute Gasteiger partial charge is 0.397 e. The van der Waals surface area contributed by atoms with Crippen LogP contribution in [-0.2, 0) is 0 Å². The minimum atomic E-state index is -0.228. The molecule has 3 heterocycles. The summed E-state index contributed by atoms with van der Waals surface area (Å²) in [5, 5.41) is 6.85. The molecule has 1 atom stereocenters. The second-order valence-electron chi connectivity index (χ2n) is 7.00. The second-order valence-corrected chi connectivity index (χ2v) is 9.61. The Balaban J connectivity index is 1.65. The number of carbonyl (C=O) groups excluding carboxylic acids is 1. The van der Waals surface area contributed by atoms with Crippen LogP contribution in [0.4, 0.5) is 11.4 Å². The number of anilines is 2. The van der Waals surface area contributed by atoms with Crippen molar-refractivity contribution in [2.75, 3.05) is 11.1 Å². The van der Waals surface area contributed by atoms with Crippen molar-refractivity contribution >= 4 is 64.7 Å². The molecule has 0 bridgehead atoms. The maximum Gasteiger partial charge on any atom is 0.267 e. The molecule has 0 fully saturated rings. The van der Waals surface area contributed by atoms with Crippen LogP contribution in [0.25, 0.3) is 31.9 Å². The maximum absolute atomic E-state index is 13.0. The van der Waals surface area contributed by atoms with Crippen molar-refractivity contribution in [3.8, 4) is 21.7 Å². The first-order valence-electron chi connectivity index (χ1n) is 9.59. The molecule has 1 unspecified atom stereocenters. The second kappa shape index (κ2) is 8.23. The van der Waals surface area contributed by atoms with Gasteiger partial charge in [-0.15, -0.1) is 31.9 Å². The van der Waals surface area contributed by atoms with E-state index in [1.165, 1.54) is 11.3 Å². The molecule has 152 valence electrons. The fourth-order valence-electron chi connectivity index (χ4n) is 3.44. The summed E-state index contributed by atoms with van der Waals surface area (Å²) in [6.07, 6.45) is 0. The number of hydrogen-bond acceptors (Lipinski definition) is 5. The number of benzene rings is 2. The van der Waals surface area contributed by atoms with Gasteiger partial charge in [0, 0.05) is 11.1 Å². The van der Waals surface area contributed by atoms with Crippen molar-refractivity contribution in [3.05, 3.63) is 83.1 Å². The Hall–Kier alpha value is -3.05. The standard InChI is InChI=1S/C24H18N3OPS2/c25-21-20-17(14-5-2-1-3-6-14)13-18(19-7-4-12-30-19)27-24(20)31-22(21)23(28)26-15-8-10-16(29)11-9-15/h1-13H,25,29H2,(H,26,28). The number of thiophene rings is 2. The van der Waals surface area contributed by atoms with Crippen LogP contribution in [0, 0.1) is 0 Å². The number of nitrogens with two attached hydrogens (primary N) is 1. The van der Waals surface area contributed by atoms with E-state index >= 15 is 0 Å². The summed E-state index contributed by atoms with van der Waals surface area (Å²) in [5.41, 5.74) is 10.6. The van der Waals surface area contributed by atoms with Crippen LogP contribution < -0.4 is 16.4 Å². The number of pyridine rings is 1. The molecule has 7 heteroatoms. The van der Waals surface area contributed by atoms with Gasteiger partial charge in [-0.1, -0.05) is 48.5 Å². The van der Waals surface area contributed by atoms with Crippen LogP contribution >= 0.6 is 31.9 Å². The lowest BCUT2D eigenvalue weighted by Crippen LogP contribution is -2.12. The Morgan fingerprint density at radius 3 is 2.48 bits per heavy atom. The van der Waals surface area contributed by atoms with Gasteiger partial charge in [-0.05, 0) is 46.1 Å². The molecule has 31 heavy (non-hydrogen) atoms. The average molecular weight is 460 g/mol. The summed E-state index contributed by atoms with van der Waals surface area (Å²) in [6, 6.07) is 23.8. The van der Waals surface area contributed by atoms with Gasteiger partial charge < -0.3 is 11.1 Å². The van der Waals surface area contributed by atoms with Crippen LogP contribution in [0.15, 0.2) is 78.2 Å². The number of nitrogens with zero attached hydrogens (tertiary/aromatic N) is 1. The van der Waals surface area contributed by atoms with Gasteiger partial charge in [0.15, 0.2) is 0 Å². The van der Waals surface area contributed by atoms with Crippen molar-refractivity contribution in [1.82, 2.24) is 4.98 Å². The van der Waals surface area contributed by atoms with Gasteiger partial charge in [-0.2, -0.15) is 0 Å². The highest BCUT2D eigenvalue weighted by atomic mass is 32.1. The highest BCUT2D eigenvalue weighted by Gasteiger charge is 2.22. The molecule has 5 aromatic rings. The van der Waals surface area contributed by atoms with Crippen LogP contribution in [-0.4, -0.2) is 10.9 Å². The van der Waals surface area contributed by atoms with Crippen molar-refractivity contribution in [2.24, 2.45) is 0 Å². The lowest BCUT2D eigenvalue weighted by molar-refractivity contribution is 0.103. The highest BCUT2D eigenvalue weighted by molar-refractivity contribution is 7.27. The first-order chi connectivity index (χ1) is 15.1. The van der Waals surface area contributed by atoms with Crippen LogP contribution in [0.3, 0.4) is 0 Å². The van der Waals surface area contributed by atoms with Gasteiger partial charge in [-0.3, -0.25) is 4.79 Å². The number of nitrogens with one attached hydrogen (secondary N) is 1. The highest BCUT2D eigenvalue weighted by Crippen LogP contribution is 2.42. The Labute approximate surface area is 190 Å². The molecular formula is C24H18N3OPS2. The molecule has 5 rings (SSSR count). The molecule has 0 radical (unpaired) electrons. The molecular weight excluding hydrogens is 441 g/mol. The molecule has 1 amide bonds. The van der Waals surface area contributed by atoms with Gasteiger partial charge in [0.2, 0.25) is 0 Å². The number of hydrogen-bond donors (Lipinski definition) is 2. The quantitative estimate of drug-likeness (QED) is 0.323. The van der Waals surface area contributed by atoms with Crippen LogP contribution in [0.5, 0.6) is 0 Å². The molecule has 0 saturated carbocycles. The third kappa shape index (κ3) is 3.86. The lowest BCUT2D eigenvalue weighted by Gasteiger charge is -2.08. The molecule has 3 aromatic heterocycles. The average Bonchev–Trinajstić information content (AvgIpc) is 3.44. The van der Waals surface area contributed by atoms with Crippen molar-refractivity contribution < 1.29 is 4.79 Å². The van der Waals surface area contributed by atoms with Gasteiger partial charge >= 0.3 is 0 Å². The zero-order chi connectivity index (χ0) is 21.4. The van der Waals surface area contributed by atoms with E-state index in [-0.39, 0.29) is 5.91 Å². The van der Waals surface area contributed by atoms with E-state index < -0.39 is 0 Å². The summed E-state index contributed by atoms with van der Waals surface area (Å²) in [6.45, 7) is 0. The number of nitrogen functional groups attached to an aromatic ring is 1. The van der Waals surface area contributed by atoms with E-state index in [4.69, 9.17) is 10.7 Å². The summed E-state index contributed by atoms with van der Waals surface area (Å²) in [4.78, 5) is 20.2. The fraction of sp³-hybridized carbons (Fsp3) is 0. The predicted octanol–water partition coefficient (Wildman–Crippen LogP) is 6.03. The van der Waals surface area contributed by atoms with Gasteiger partial charge in [0.05, 0.1) is 16.3 Å². The molecule has 3 N–H and O–H groups in total. The Bertz CT molecular complexity index is 1380. The first kappa shape index (κ1) is 19.9. The van der Waals surface area contributed by atoms with E-state index in [1.54, 1.807) is 11.3 Å². The topological polar surface area (TPSA) is 68.0 Å². The molecule has 0 saturated heterocycles. The monoisotopic (exact) mass is 459 g/mol. The smallest absolute Gasteiger partial charge is 0.267 e. The van der Waals surface area contributed by atoms with E-state index in [1.807, 2.05) is 72.1 Å². The zero-order valence-corrected chi connectivity index (χ0v) is 19.1. The molecule has 2 aromatic carbocycles. The molecule has 0 spiro atoms. The van der Waals surface area contributed by atoms with Gasteiger partial charge in [0.1, 0.15) is 9.71 Å². The predicted molar refractivity (Wildman–Crippen MR) is 137 cm³/mol. The number of aromatic nitrogens is 1. The van der Waals surface area contributed by atoms with Gasteiger partial charge in [-0.25, -0.2) is 4.98 Å². The van der Waals surface area contributed by atoms with E-state index in [2.05, 4.69) is 20.6 Å².